The second kappa shape index (κ2) is 8.56. The molecule has 6 rings (SSSR count). The molecule has 2 aromatic rings. The number of benzene rings is 2. The monoisotopic (exact) mass is 426 g/mol. The molecule has 4 aliphatic rings. The van der Waals surface area contributed by atoms with Gasteiger partial charge in [-0.25, -0.2) is 0 Å². The predicted octanol–water partition coefficient (Wildman–Crippen LogP) is 5.89. The van der Waals surface area contributed by atoms with E-state index in [9.17, 15) is 0 Å². The lowest BCUT2D eigenvalue weighted by Crippen LogP contribution is -3.20. The van der Waals surface area contributed by atoms with Crippen molar-refractivity contribution in [2.24, 2.45) is 5.92 Å². The molecule has 0 aromatic heterocycles. The highest BCUT2D eigenvalue weighted by molar-refractivity contribution is 5.56. The number of allylic oxidation sites excluding steroid dienone is 2. The molecule has 2 heteroatoms. The molecule has 2 aromatic carbocycles. The summed E-state index contributed by atoms with van der Waals surface area (Å²) in [5, 5.41) is 0. The summed E-state index contributed by atoms with van der Waals surface area (Å²) in [6.45, 7) is 2.49. The van der Waals surface area contributed by atoms with Crippen LogP contribution < -0.4 is 4.90 Å². The van der Waals surface area contributed by atoms with E-state index in [-0.39, 0.29) is 5.72 Å². The van der Waals surface area contributed by atoms with Gasteiger partial charge in [-0.1, -0.05) is 60.7 Å². The second-order valence-electron chi connectivity index (χ2n) is 10.3. The van der Waals surface area contributed by atoms with E-state index in [4.69, 9.17) is 4.74 Å². The molecule has 1 saturated carbocycles. The fraction of sp³-hybridized carbons (Fsp3) is 0.467. The summed E-state index contributed by atoms with van der Waals surface area (Å²) in [5.41, 5.74) is 5.82. The van der Waals surface area contributed by atoms with Crippen LogP contribution >= 0.6 is 0 Å². The van der Waals surface area contributed by atoms with E-state index in [1.165, 1.54) is 81.3 Å². The average Bonchev–Trinajstić information content (AvgIpc) is 3.40. The minimum absolute atomic E-state index is 0.193. The Balaban J connectivity index is 1.55. The first-order valence-corrected chi connectivity index (χ1v) is 12.9. The quantitative estimate of drug-likeness (QED) is 0.646. The first kappa shape index (κ1) is 20.3. The lowest BCUT2D eigenvalue weighted by molar-refractivity contribution is -0.967. The third-order valence-corrected chi connectivity index (χ3v) is 8.51. The van der Waals surface area contributed by atoms with Gasteiger partial charge in [-0.05, 0) is 61.3 Å². The molecule has 0 unspecified atom stereocenters. The van der Waals surface area contributed by atoms with Crippen LogP contribution in [0.5, 0.6) is 0 Å². The normalized spacial score (nSPS) is 31.8. The predicted molar refractivity (Wildman–Crippen MR) is 130 cm³/mol. The SMILES string of the molecule is C(=C1/CCC[C@@H]2[C@@H](c3ccccc3)C3=C(CCCC3)O[C@]12[NH+]1CCCC1)/c1ccccc1. The Morgan fingerprint density at radius 3 is 2.28 bits per heavy atom. The summed E-state index contributed by atoms with van der Waals surface area (Å²) in [6.07, 6.45) is 13.8. The molecular formula is C30H36NO+. The molecule has 2 aliphatic heterocycles. The zero-order valence-electron chi connectivity index (χ0n) is 19.2. The number of hydrogen-bond donors (Lipinski definition) is 1. The van der Waals surface area contributed by atoms with Crippen LogP contribution in [0.1, 0.15) is 74.8 Å². The highest BCUT2D eigenvalue weighted by Crippen LogP contribution is 2.55. The van der Waals surface area contributed by atoms with Crippen molar-refractivity contribution in [1.82, 2.24) is 0 Å². The molecule has 2 nitrogen and oxygen atoms in total. The van der Waals surface area contributed by atoms with E-state index < -0.39 is 0 Å². The minimum atomic E-state index is -0.193. The van der Waals surface area contributed by atoms with Crippen molar-refractivity contribution < 1.29 is 9.64 Å². The molecule has 2 heterocycles. The van der Waals surface area contributed by atoms with Gasteiger partial charge in [0.1, 0.15) is 5.76 Å². The number of hydrogen-bond acceptors (Lipinski definition) is 1. The van der Waals surface area contributed by atoms with E-state index in [0.717, 1.165) is 6.42 Å². The van der Waals surface area contributed by atoms with E-state index in [1.54, 1.807) is 16.0 Å². The third-order valence-electron chi connectivity index (χ3n) is 8.51. The Bertz CT molecular complexity index is 1000. The number of ether oxygens (including phenoxy) is 1. The van der Waals surface area contributed by atoms with Gasteiger partial charge >= 0.3 is 0 Å². The summed E-state index contributed by atoms with van der Waals surface area (Å²) < 4.78 is 7.38. The second-order valence-corrected chi connectivity index (χ2v) is 10.3. The average molecular weight is 427 g/mol. The topological polar surface area (TPSA) is 13.7 Å². The van der Waals surface area contributed by atoms with Crippen LogP contribution in [-0.2, 0) is 4.74 Å². The molecule has 3 atom stereocenters. The van der Waals surface area contributed by atoms with Crippen molar-refractivity contribution in [3.05, 3.63) is 88.7 Å². The number of rotatable bonds is 3. The van der Waals surface area contributed by atoms with Gasteiger partial charge in [0, 0.05) is 30.8 Å². The number of likely N-dealkylation sites (tertiary alicyclic amines) is 1. The molecule has 0 radical (unpaired) electrons. The fourth-order valence-electron chi connectivity index (χ4n) is 7.22. The molecule has 32 heavy (non-hydrogen) atoms. The highest BCUT2D eigenvalue weighted by atomic mass is 16.5. The van der Waals surface area contributed by atoms with Crippen molar-refractivity contribution in [1.29, 1.82) is 0 Å². The van der Waals surface area contributed by atoms with Gasteiger partial charge < -0.3 is 4.74 Å². The van der Waals surface area contributed by atoms with Gasteiger partial charge in [-0.15, -0.1) is 0 Å². The maximum Gasteiger partial charge on any atom is 0.267 e. The highest BCUT2D eigenvalue weighted by Gasteiger charge is 2.61. The molecule has 0 spiro atoms. The van der Waals surface area contributed by atoms with Crippen LogP contribution in [-0.4, -0.2) is 18.8 Å². The maximum atomic E-state index is 7.38. The Labute approximate surface area is 193 Å². The molecule has 166 valence electrons. The zero-order chi connectivity index (χ0) is 21.4. The first-order valence-electron chi connectivity index (χ1n) is 12.9. The summed E-state index contributed by atoms with van der Waals surface area (Å²) in [6, 6.07) is 22.4. The fourth-order valence-corrected chi connectivity index (χ4v) is 7.22. The molecule has 2 aliphatic carbocycles. The number of nitrogens with one attached hydrogen (secondary N) is 1. The number of fused-ring (bicyclic) bond motifs is 1. The van der Waals surface area contributed by atoms with E-state index in [1.807, 2.05) is 0 Å². The molecule has 0 bridgehead atoms. The van der Waals surface area contributed by atoms with Gasteiger partial charge in [-0.3, -0.25) is 4.90 Å². The van der Waals surface area contributed by atoms with Crippen LogP contribution in [0.25, 0.3) is 6.08 Å². The summed E-state index contributed by atoms with van der Waals surface area (Å²) in [5.74, 6) is 2.38. The lowest BCUT2D eigenvalue weighted by atomic mass is 9.63. The van der Waals surface area contributed by atoms with Gasteiger partial charge in [0.15, 0.2) is 0 Å². The van der Waals surface area contributed by atoms with Crippen molar-refractivity contribution in [3.8, 4) is 0 Å². The molecule has 2 fully saturated rings. The lowest BCUT2D eigenvalue weighted by Gasteiger charge is -2.54. The Hall–Kier alpha value is -2.32. The van der Waals surface area contributed by atoms with Gasteiger partial charge in [0.05, 0.1) is 19.0 Å². The molecular weight excluding hydrogens is 390 g/mol. The standard InChI is InChI=1S/C30H35NO/c1-3-12-23(13-4-1)22-25-16-11-18-27-29(24-14-5-2-6-15-24)26-17-7-8-19-28(26)32-30(25,27)31-20-9-10-21-31/h1-6,12-15,22,27,29H,7-11,16-21H2/p+1/b25-22+/t27-,29+,30-/m1/s1. The zero-order valence-corrected chi connectivity index (χ0v) is 19.2. The summed E-state index contributed by atoms with van der Waals surface area (Å²) in [7, 11) is 0. The van der Waals surface area contributed by atoms with Crippen molar-refractivity contribution in [2.75, 3.05) is 13.1 Å². The van der Waals surface area contributed by atoms with Crippen LogP contribution in [0.3, 0.4) is 0 Å². The van der Waals surface area contributed by atoms with Gasteiger partial charge in [0.2, 0.25) is 0 Å². The summed E-state index contributed by atoms with van der Waals surface area (Å²) in [4.78, 5) is 1.70. The third kappa shape index (κ3) is 3.35. The van der Waals surface area contributed by atoms with E-state index in [2.05, 4.69) is 66.7 Å². The smallest absolute Gasteiger partial charge is 0.267 e. The van der Waals surface area contributed by atoms with Crippen molar-refractivity contribution >= 4 is 6.08 Å². The van der Waals surface area contributed by atoms with Gasteiger partial charge in [-0.2, -0.15) is 0 Å². The first-order chi connectivity index (χ1) is 15.9. The Morgan fingerprint density at radius 2 is 1.50 bits per heavy atom. The minimum Gasteiger partial charge on any atom is -0.441 e. The molecule has 0 amide bonds. The number of quaternary nitrogens is 1. The Morgan fingerprint density at radius 1 is 0.781 bits per heavy atom. The molecule has 1 N–H and O–H groups in total. The van der Waals surface area contributed by atoms with Crippen molar-refractivity contribution in [2.45, 2.75) is 69.4 Å². The van der Waals surface area contributed by atoms with Crippen LogP contribution in [0, 0.1) is 5.92 Å². The molecule has 1 saturated heterocycles. The van der Waals surface area contributed by atoms with Crippen LogP contribution in [0.2, 0.25) is 0 Å². The Kier molecular flexibility index (Phi) is 5.43. The maximum absolute atomic E-state index is 7.38. The van der Waals surface area contributed by atoms with Crippen molar-refractivity contribution in [3.63, 3.8) is 0 Å². The summed E-state index contributed by atoms with van der Waals surface area (Å²) >= 11 is 0. The largest absolute Gasteiger partial charge is 0.441 e. The van der Waals surface area contributed by atoms with Crippen LogP contribution in [0.15, 0.2) is 77.6 Å². The van der Waals surface area contributed by atoms with Gasteiger partial charge in [0.25, 0.3) is 5.72 Å². The van der Waals surface area contributed by atoms with Crippen LogP contribution in [0.4, 0.5) is 0 Å². The van der Waals surface area contributed by atoms with E-state index in [0.29, 0.717) is 11.8 Å². The van der Waals surface area contributed by atoms with E-state index >= 15 is 0 Å².